The number of nitrogens with zero attached hydrogens (tertiary/aromatic N) is 1. The number of nitrogens with one attached hydrogen (secondary N) is 1. The number of hydrogen-bond acceptors (Lipinski definition) is 2. The molecule has 1 aromatic rings. The predicted molar refractivity (Wildman–Crippen MR) is 67.5 cm³/mol. The van der Waals surface area contributed by atoms with E-state index in [0.717, 1.165) is 5.69 Å². The maximum absolute atomic E-state index is 12.8. The van der Waals surface area contributed by atoms with Crippen molar-refractivity contribution in [2.75, 3.05) is 25.0 Å². The smallest absolute Gasteiger partial charge is 0.231 e. The van der Waals surface area contributed by atoms with Crippen molar-refractivity contribution in [1.82, 2.24) is 5.32 Å². The molecule has 4 heteroatoms. The molecule has 0 heterocycles. The lowest BCUT2D eigenvalue weighted by Gasteiger charge is -2.24. The second-order valence-corrected chi connectivity index (χ2v) is 4.02. The standard InChI is InChI=1S/C13H19FN2O/c1-4-16(13(17)10(2)9-15-3)12-7-5-11(14)6-8-12/h5-8,10,15H,4,9H2,1-3H3. The number of rotatable bonds is 5. The first-order valence-electron chi connectivity index (χ1n) is 5.81. The van der Waals surface area contributed by atoms with E-state index in [1.54, 1.807) is 17.0 Å². The van der Waals surface area contributed by atoms with Crippen molar-refractivity contribution >= 4 is 11.6 Å². The Bertz CT molecular complexity index is 364. The van der Waals surface area contributed by atoms with Gasteiger partial charge in [0.2, 0.25) is 5.91 Å². The van der Waals surface area contributed by atoms with E-state index in [1.165, 1.54) is 12.1 Å². The highest BCUT2D eigenvalue weighted by molar-refractivity contribution is 5.94. The Hall–Kier alpha value is -1.42. The van der Waals surface area contributed by atoms with Gasteiger partial charge in [0.25, 0.3) is 0 Å². The zero-order chi connectivity index (χ0) is 12.8. The molecular weight excluding hydrogens is 219 g/mol. The molecule has 1 amide bonds. The van der Waals surface area contributed by atoms with Crippen LogP contribution in [0.3, 0.4) is 0 Å². The molecule has 0 saturated heterocycles. The first-order valence-corrected chi connectivity index (χ1v) is 5.81. The lowest BCUT2D eigenvalue weighted by atomic mass is 10.1. The van der Waals surface area contributed by atoms with E-state index in [9.17, 15) is 9.18 Å². The Balaban J connectivity index is 2.84. The highest BCUT2D eigenvalue weighted by Gasteiger charge is 2.19. The lowest BCUT2D eigenvalue weighted by Crippen LogP contribution is -2.38. The number of benzene rings is 1. The van der Waals surface area contributed by atoms with Crippen molar-refractivity contribution in [1.29, 1.82) is 0 Å². The van der Waals surface area contributed by atoms with Gasteiger partial charge in [-0.15, -0.1) is 0 Å². The lowest BCUT2D eigenvalue weighted by molar-refractivity contribution is -0.121. The zero-order valence-electron chi connectivity index (χ0n) is 10.5. The largest absolute Gasteiger partial charge is 0.319 e. The summed E-state index contributed by atoms with van der Waals surface area (Å²) in [5.74, 6) is -0.334. The van der Waals surface area contributed by atoms with Crippen LogP contribution in [0.25, 0.3) is 0 Å². The molecule has 1 aromatic carbocycles. The second-order valence-electron chi connectivity index (χ2n) is 4.02. The van der Waals surface area contributed by atoms with Gasteiger partial charge in [0.05, 0.1) is 0 Å². The minimum absolute atomic E-state index is 0.0495. The maximum atomic E-state index is 12.8. The fourth-order valence-corrected chi connectivity index (χ4v) is 1.75. The van der Waals surface area contributed by atoms with Crippen LogP contribution in [0.2, 0.25) is 0 Å². The Morgan fingerprint density at radius 2 is 2.00 bits per heavy atom. The van der Waals surface area contributed by atoms with Crippen LogP contribution in [-0.2, 0) is 4.79 Å². The molecule has 0 bridgehead atoms. The van der Waals surface area contributed by atoms with E-state index in [2.05, 4.69) is 5.32 Å². The van der Waals surface area contributed by atoms with Crippen molar-refractivity contribution in [3.63, 3.8) is 0 Å². The molecule has 1 rings (SSSR count). The predicted octanol–water partition coefficient (Wildman–Crippen LogP) is 2.03. The second kappa shape index (κ2) is 6.35. The summed E-state index contributed by atoms with van der Waals surface area (Å²) >= 11 is 0. The first kappa shape index (κ1) is 13.6. The minimum atomic E-state index is -0.291. The maximum Gasteiger partial charge on any atom is 0.231 e. The molecule has 94 valence electrons. The summed E-state index contributed by atoms with van der Waals surface area (Å²) in [6, 6.07) is 5.99. The van der Waals surface area contributed by atoms with Crippen LogP contribution in [0.1, 0.15) is 13.8 Å². The van der Waals surface area contributed by atoms with Crippen LogP contribution in [0.4, 0.5) is 10.1 Å². The third-order valence-corrected chi connectivity index (χ3v) is 2.65. The van der Waals surface area contributed by atoms with E-state index in [0.29, 0.717) is 13.1 Å². The average molecular weight is 238 g/mol. The molecule has 0 aliphatic rings. The highest BCUT2D eigenvalue weighted by atomic mass is 19.1. The van der Waals surface area contributed by atoms with Gasteiger partial charge < -0.3 is 10.2 Å². The average Bonchev–Trinajstić information content (AvgIpc) is 2.32. The number of anilines is 1. The van der Waals surface area contributed by atoms with Gasteiger partial charge in [-0.3, -0.25) is 4.79 Å². The molecule has 0 fully saturated rings. The van der Waals surface area contributed by atoms with Gasteiger partial charge >= 0.3 is 0 Å². The topological polar surface area (TPSA) is 32.3 Å². The number of hydrogen-bond donors (Lipinski definition) is 1. The van der Waals surface area contributed by atoms with Crippen LogP contribution >= 0.6 is 0 Å². The summed E-state index contributed by atoms with van der Waals surface area (Å²) in [6.07, 6.45) is 0. The Labute approximate surface area is 102 Å². The third kappa shape index (κ3) is 3.53. The molecule has 1 atom stereocenters. The third-order valence-electron chi connectivity index (χ3n) is 2.65. The zero-order valence-corrected chi connectivity index (χ0v) is 10.5. The van der Waals surface area contributed by atoms with E-state index < -0.39 is 0 Å². The fraction of sp³-hybridized carbons (Fsp3) is 0.462. The molecule has 0 radical (unpaired) electrons. The van der Waals surface area contributed by atoms with Gasteiger partial charge in [-0.05, 0) is 38.2 Å². The van der Waals surface area contributed by atoms with Gasteiger partial charge in [-0.1, -0.05) is 6.92 Å². The van der Waals surface area contributed by atoms with Crippen LogP contribution in [0, 0.1) is 11.7 Å². The Kier molecular flexibility index (Phi) is 5.10. The first-order chi connectivity index (χ1) is 8.10. The molecule has 0 spiro atoms. The molecule has 0 aliphatic carbocycles. The van der Waals surface area contributed by atoms with Crippen LogP contribution in [0.5, 0.6) is 0 Å². The van der Waals surface area contributed by atoms with Crippen LogP contribution in [0.15, 0.2) is 24.3 Å². The molecule has 0 aromatic heterocycles. The Morgan fingerprint density at radius 3 is 2.47 bits per heavy atom. The highest BCUT2D eigenvalue weighted by Crippen LogP contribution is 2.17. The van der Waals surface area contributed by atoms with Crippen molar-refractivity contribution in [3.8, 4) is 0 Å². The number of halogens is 1. The number of carbonyl (C=O) groups is 1. The molecule has 0 aliphatic heterocycles. The molecule has 1 N–H and O–H groups in total. The SMILES string of the molecule is CCN(C(=O)C(C)CNC)c1ccc(F)cc1. The number of carbonyl (C=O) groups excluding carboxylic acids is 1. The van der Waals surface area contributed by atoms with Crippen molar-refractivity contribution < 1.29 is 9.18 Å². The van der Waals surface area contributed by atoms with Gasteiger partial charge in [-0.25, -0.2) is 4.39 Å². The summed E-state index contributed by atoms with van der Waals surface area (Å²) in [4.78, 5) is 13.8. The van der Waals surface area contributed by atoms with E-state index >= 15 is 0 Å². The van der Waals surface area contributed by atoms with Gasteiger partial charge in [0.15, 0.2) is 0 Å². The van der Waals surface area contributed by atoms with Gasteiger partial charge in [0.1, 0.15) is 5.82 Å². The Morgan fingerprint density at radius 1 is 1.41 bits per heavy atom. The fourth-order valence-electron chi connectivity index (χ4n) is 1.75. The normalized spacial score (nSPS) is 12.2. The van der Waals surface area contributed by atoms with Crippen molar-refractivity contribution in [2.24, 2.45) is 5.92 Å². The monoisotopic (exact) mass is 238 g/mol. The summed E-state index contributed by atoms with van der Waals surface area (Å²) in [7, 11) is 1.82. The van der Waals surface area contributed by atoms with E-state index in [-0.39, 0.29) is 17.6 Å². The number of amides is 1. The van der Waals surface area contributed by atoms with E-state index in [4.69, 9.17) is 0 Å². The van der Waals surface area contributed by atoms with Crippen LogP contribution in [-0.4, -0.2) is 26.0 Å². The molecule has 17 heavy (non-hydrogen) atoms. The molecule has 1 unspecified atom stereocenters. The molecule has 0 saturated carbocycles. The van der Waals surface area contributed by atoms with E-state index in [1.807, 2.05) is 20.9 Å². The summed E-state index contributed by atoms with van der Waals surface area (Å²) in [5.41, 5.74) is 0.738. The molecule has 3 nitrogen and oxygen atoms in total. The van der Waals surface area contributed by atoms with Crippen molar-refractivity contribution in [2.45, 2.75) is 13.8 Å². The van der Waals surface area contributed by atoms with Gasteiger partial charge in [0, 0.05) is 24.7 Å². The summed E-state index contributed by atoms with van der Waals surface area (Å²) < 4.78 is 12.8. The quantitative estimate of drug-likeness (QED) is 0.851. The van der Waals surface area contributed by atoms with Crippen LogP contribution < -0.4 is 10.2 Å². The van der Waals surface area contributed by atoms with Crippen molar-refractivity contribution in [3.05, 3.63) is 30.1 Å². The summed E-state index contributed by atoms with van der Waals surface area (Å²) in [5, 5.41) is 2.98. The van der Waals surface area contributed by atoms with Gasteiger partial charge in [-0.2, -0.15) is 0 Å². The molecular formula is C13H19FN2O. The minimum Gasteiger partial charge on any atom is -0.319 e. The summed E-state index contributed by atoms with van der Waals surface area (Å²) in [6.45, 7) is 5.01.